The van der Waals surface area contributed by atoms with Crippen molar-refractivity contribution in [2.45, 2.75) is 18.9 Å². The molecule has 1 fully saturated rings. The van der Waals surface area contributed by atoms with E-state index in [1.165, 1.54) is 16.9 Å². The molecule has 1 amide bonds. The van der Waals surface area contributed by atoms with Crippen molar-refractivity contribution in [2.24, 2.45) is 0 Å². The maximum absolute atomic E-state index is 12.7. The van der Waals surface area contributed by atoms with Gasteiger partial charge in [-0.15, -0.1) is 0 Å². The number of rotatable bonds is 1. The van der Waals surface area contributed by atoms with E-state index in [-0.39, 0.29) is 11.9 Å². The van der Waals surface area contributed by atoms with Crippen molar-refractivity contribution >= 4 is 17.7 Å². The number of carbonyl (C=O) groups excluding carboxylic acids is 1. The van der Waals surface area contributed by atoms with Gasteiger partial charge < -0.3 is 10.2 Å². The van der Waals surface area contributed by atoms with Gasteiger partial charge in [0.25, 0.3) is 0 Å². The predicted octanol–water partition coefficient (Wildman–Crippen LogP) is 1.84. The zero-order chi connectivity index (χ0) is 13.1. The molecule has 0 bridgehead atoms. The summed E-state index contributed by atoms with van der Waals surface area (Å²) < 4.78 is 0. The highest BCUT2D eigenvalue weighted by molar-refractivity contribution is 7.99. The Morgan fingerprint density at radius 2 is 2.16 bits per heavy atom. The average molecular weight is 276 g/mol. The molecule has 3 rings (SSSR count). The summed E-state index contributed by atoms with van der Waals surface area (Å²) >= 11 is 1.95. The molecule has 0 radical (unpaired) electrons. The van der Waals surface area contributed by atoms with Crippen molar-refractivity contribution in [3.05, 3.63) is 35.4 Å². The molecule has 19 heavy (non-hydrogen) atoms. The zero-order valence-corrected chi connectivity index (χ0v) is 11.9. The molecule has 0 spiro atoms. The topological polar surface area (TPSA) is 32.3 Å². The van der Waals surface area contributed by atoms with Crippen molar-refractivity contribution in [1.82, 2.24) is 10.2 Å². The molecule has 3 nitrogen and oxygen atoms in total. The lowest BCUT2D eigenvalue weighted by Gasteiger charge is -2.31. The Balaban J connectivity index is 1.80. The fraction of sp³-hybridized carbons (Fsp3) is 0.533. The molecule has 1 aromatic rings. The lowest BCUT2D eigenvalue weighted by molar-refractivity contribution is -0.133. The van der Waals surface area contributed by atoms with Crippen LogP contribution in [-0.4, -0.2) is 41.9 Å². The van der Waals surface area contributed by atoms with Gasteiger partial charge in [0.1, 0.15) is 6.04 Å². The molecule has 0 saturated carbocycles. The second-order valence-electron chi connectivity index (χ2n) is 5.13. The van der Waals surface area contributed by atoms with Crippen LogP contribution in [0.3, 0.4) is 0 Å². The molecule has 1 aromatic carbocycles. The summed E-state index contributed by atoms with van der Waals surface area (Å²) in [5.41, 5.74) is 2.50. The normalized spacial score (nSPS) is 23.6. The third kappa shape index (κ3) is 2.79. The molecule has 1 N–H and O–H groups in total. The molecular formula is C15H20N2OS. The number of thioether (sulfide) groups is 1. The predicted molar refractivity (Wildman–Crippen MR) is 79.4 cm³/mol. The molecule has 1 atom stereocenters. The van der Waals surface area contributed by atoms with Crippen LogP contribution in [0.2, 0.25) is 0 Å². The Hall–Kier alpha value is -1.000. The van der Waals surface area contributed by atoms with Gasteiger partial charge in [-0.1, -0.05) is 24.3 Å². The number of nitrogens with zero attached hydrogens (tertiary/aromatic N) is 1. The van der Waals surface area contributed by atoms with E-state index in [1.807, 2.05) is 22.7 Å². The van der Waals surface area contributed by atoms with E-state index in [4.69, 9.17) is 0 Å². The highest BCUT2D eigenvalue weighted by Crippen LogP contribution is 2.25. The number of hydrogen-bond donors (Lipinski definition) is 1. The van der Waals surface area contributed by atoms with Crippen molar-refractivity contribution in [3.8, 4) is 0 Å². The van der Waals surface area contributed by atoms with E-state index in [0.717, 1.165) is 38.2 Å². The fourth-order valence-corrected chi connectivity index (χ4v) is 3.76. The molecule has 0 aliphatic carbocycles. The standard InChI is InChI=1S/C15H20N2OS/c18-15(17-8-3-10-19-11-9-17)14-13-5-2-1-4-12(13)6-7-16-14/h1-2,4-5,14,16H,3,6-11H2. The van der Waals surface area contributed by atoms with Crippen LogP contribution in [0.1, 0.15) is 23.6 Å². The molecule has 2 heterocycles. The SMILES string of the molecule is O=C(C1NCCc2ccccc21)N1CCCSCC1. The Bertz CT molecular complexity index is 455. The number of hydrogen-bond acceptors (Lipinski definition) is 3. The highest BCUT2D eigenvalue weighted by atomic mass is 32.2. The van der Waals surface area contributed by atoms with Gasteiger partial charge in [0.05, 0.1) is 0 Å². The summed E-state index contributed by atoms with van der Waals surface area (Å²) in [6.45, 7) is 2.70. The summed E-state index contributed by atoms with van der Waals surface area (Å²) in [5, 5.41) is 3.39. The number of amides is 1. The average Bonchev–Trinajstić information content (AvgIpc) is 2.75. The molecule has 4 heteroatoms. The Labute approximate surface area is 118 Å². The monoisotopic (exact) mass is 276 g/mol. The lowest BCUT2D eigenvalue weighted by atomic mass is 9.93. The maximum Gasteiger partial charge on any atom is 0.244 e. The first-order valence-corrected chi connectivity index (χ1v) is 8.19. The molecule has 1 saturated heterocycles. The maximum atomic E-state index is 12.7. The zero-order valence-electron chi connectivity index (χ0n) is 11.1. The van der Waals surface area contributed by atoms with E-state index in [1.54, 1.807) is 0 Å². The smallest absolute Gasteiger partial charge is 0.244 e. The van der Waals surface area contributed by atoms with Crippen LogP contribution in [-0.2, 0) is 11.2 Å². The first-order chi connectivity index (χ1) is 9.36. The summed E-state index contributed by atoms with van der Waals surface area (Å²) in [6, 6.07) is 8.21. The quantitative estimate of drug-likeness (QED) is 0.849. The summed E-state index contributed by atoms with van der Waals surface area (Å²) in [7, 11) is 0. The molecule has 2 aliphatic rings. The van der Waals surface area contributed by atoms with Crippen LogP contribution in [0.25, 0.3) is 0 Å². The molecule has 2 aliphatic heterocycles. The van der Waals surface area contributed by atoms with Gasteiger partial charge in [-0.25, -0.2) is 0 Å². The van der Waals surface area contributed by atoms with Gasteiger partial charge >= 0.3 is 0 Å². The second kappa shape index (κ2) is 5.97. The van der Waals surface area contributed by atoms with Crippen LogP contribution in [0.5, 0.6) is 0 Å². The number of carbonyl (C=O) groups is 1. The summed E-state index contributed by atoms with van der Waals surface area (Å²) in [5.74, 6) is 2.51. The first kappa shape index (κ1) is 13.0. The molecular weight excluding hydrogens is 256 g/mol. The van der Waals surface area contributed by atoms with Gasteiger partial charge in [0.15, 0.2) is 0 Å². The van der Waals surface area contributed by atoms with Crippen molar-refractivity contribution in [1.29, 1.82) is 0 Å². The third-order valence-electron chi connectivity index (χ3n) is 3.89. The van der Waals surface area contributed by atoms with Crippen LogP contribution >= 0.6 is 11.8 Å². The van der Waals surface area contributed by atoms with Crippen molar-refractivity contribution in [3.63, 3.8) is 0 Å². The summed E-state index contributed by atoms with van der Waals surface area (Å²) in [4.78, 5) is 14.8. The minimum absolute atomic E-state index is 0.131. The fourth-order valence-electron chi connectivity index (χ4n) is 2.87. The van der Waals surface area contributed by atoms with Gasteiger partial charge in [-0.2, -0.15) is 11.8 Å². The largest absolute Gasteiger partial charge is 0.340 e. The Morgan fingerprint density at radius 3 is 3.11 bits per heavy atom. The van der Waals surface area contributed by atoms with Crippen molar-refractivity contribution < 1.29 is 4.79 Å². The number of nitrogens with one attached hydrogen (secondary N) is 1. The Kier molecular flexibility index (Phi) is 4.09. The van der Waals surface area contributed by atoms with E-state index >= 15 is 0 Å². The minimum Gasteiger partial charge on any atom is -0.340 e. The van der Waals surface area contributed by atoms with E-state index in [0.29, 0.717) is 0 Å². The highest BCUT2D eigenvalue weighted by Gasteiger charge is 2.29. The Morgan fingerprint density at radius 1 is 1.26 bits per heavy atom. The van der Waals surface area contributed by atoms with E-state index < -0.39 is 0 Å². The number of fused-ring (bicyclic) bond motifs is 1. The van der Waals surface area contributed by atoms with Gasteiger partial charge in [-0.05, 0) is 29.7 Å². The van der Waals surface area contributed by atoms with Gasteiger partial charge in [0, 0.05) is 25.4 Å². The summed E-state index contributed by atoms with van der Waals surface area (Å²) in [6.07, 6.45) is 2.14. The first-order valence-electron chi connectivity index (χ1n) is 7.04. The molecule has 1 unspecified atom stereocenters. The molecule has 102 valence electrons. The third-order valence-corrected chi connectivity index (χ3v) is 4.94. The van der Waals surface area contributed by atoms with Crippen molar-refractivity contribution in [2.75, 3.05) is 31.1 Å². The lowest BCUT2D eigenvalue weighted by Crippen LogP contribution is -2.44. The van der Waals surface area contributed by atoms with Crippen LogP contribution in [0, 0.1) is 0 Å². The van der Waals surface area contributed by atoms with Gasteiger partial charge in [0.2, 0.25) is 5.91 Å². The van der Waals surface area contributed by atoms with Crippen LogP contribution in [0.15, 0.2) is 24.3 Å². The van der Waals surface area contributed by atoms with Gasteiger partial charge in [-0.3, -0.25) is 4.79 Å². The number of benzene rings is 1. The second-order valence-corrected chi connectivity index (χ2v) is 6.35. The van der Waals surface area contributed by atoms with Crippen LogP contribution in [0.4, 0.5) is 0 Å². The molecule has 0 aromatic heterocycles. The minimum atomic E-state index is -0.131. The van der Waals surface area contributed by atoms with E-state index in [2.05, 4.69) is 23.5 Å². The van der Waals surface area contributed by atoms with Crippen LogP contribution < -0.4 is 5.32 Å². The van der Waals surface area contributed by atoms with E-state index in [9.17, 15) is 4.79 Å².